The third-order valence-corrected chi connectivity index (χ3v) is 2.48. The third-order valence-electron chi connectivity index (χ3n) is 2.48. The number of nitrogens with zero attached hydrogens (tertiary/aromatic N) is 2. The van der Waals surface area contributed by atoms with Crippen LogP contribution in [0.25, 0.3) is 0 Å². The zero-order valence-electron chi connectivity index (χ0n) is 9.35. The zero-order chi connectivity index (χ0) is 11.4. The Bertz CT molecular complexity index is 448. The summed E-state index contributed by atoms with van der Waals surface area (Å²) in [5.74, 6) is 0. The van der Waals surface area contributed by atoms with E-state index in [9.17, 15) is 0 Å². The second-order valence-corrected chi connectivity index (χ2v) is 3.77. The number of hydrogen-bond donors (Lipinski definition) is 2. The highest BCUT2D eigenvalue weighted by Gasteiger charge is 1.98. The van der Waals surface area contributed by atoms with Gasteiger partial charge in [0.15, 0.2) is 0 Å². The third kappa shape index (κ3) is 2.53. The second kappa shape index (κ2) is 4.70. The van der Waals surface area contributed by atoms with E-state index in [1.165, 1.54) is 5.56 Å². The lowest BCUT2D eigenvalue weighted by Gasteiger charge is -2.10. The van der Waals surface area contributed by atoms with Gasteiger partial charge in [0.25, 0.3) is 0 Å². The van der Waals surface area contributed by atoms with Crippen molar-refractivity contribution in [3.63, 3.8) is 0 Å². The van der Waals surface area contributed by atoms with Gasteiger partial charge in [0, 0.05) is 30.3 Å². The van der Waals surface area contributed by atoms with Gasteiger partial charge in [0.1, 0.15) is 0 Å². The first-order valence-electron chi connectivity index (χ1n) is 5.33. The van der Waals surface area contributed by atoms with Gasteiger partial charge in [-0.05, 0) is 30.7 Å². The highest BCUT2D eigenvalue weighted by molar-refractivity contribution is 5.59. The number of aryl methyl sites for hydroxylation is 1. The van der Waals surface area contributed by atoms with E-state index in [-0.39, 0.29) is 0 Å². The van der Waals surface area contributed by atoms with Gasteiger partial charge in [-0.2, -0.15) is 5.10 Å². The SMILES string of the molecule is Cc1ccc(N)cc1NCCn1cccn1. The van der Waals surface area contributed by atoms with Gasteiger partial charge in [0.05, 0.1) is 6.54 Å². The quantitative estimate of drug-likeness (QED) is 0.767. The number of hydrogen-bond acceptors (Lipinski definition) is 3. The van der Waals surface area contributed by atoms with Crippen molar-refractivity contribution in [3.05, 3.63) is 42.2 Å². The van der Waals surface area contributed by atoms with E-state index in [0.29, 0.717) is 0 Å². The Balaban J connectivity index is 1.92. The summed E-state index contributed by atoms with van der Waals surface area (Å²) >= 11 is 0. The monoisotopic (exact) mass is 216 g/mol. The molecule has 0 atom stereocenters. The number of nitrogens with one attached hydrogen (secondary N) is 1. The van der Waals surface area contributed by atoms with Gasteiger partial charge >= 0.3 is 0 Å². The van der Waals surface area contributed by atoms with Crippen molar-refractivity contribution in [3.8, 4) is 0 Å². The molecule has 0 bridgehead atoms. The van der Waals surface area contributed by atoms with E-state index in [0.717, 1.165) is 24.5 Å². The van der Waals surface area contributed by atoms with Crippen LogP contribution in [0.4, 0.5) is 11.4 Å². The van der Waals surface area contributed by atoms with Crippen molar-refractivity contribution in [2.45, 2.75) is 13.5 Å². The van der Waals surface area contributed by atoms with Crippen molar-refractivity contribution in [2.75, 3.05) is 17.6 Å². The van der Waals surface area contributed by atoms with Crippen molar-refractivity contribution < 1.29 is 0 Å². The van der Waals surface area contributed by atoms with Gasteiger partial charge in [-0.3, -0.25) is 4.68 Å². The molecule has 0 saturated heterocycles. The lowest BCUT2D eigenvalue weighted by atomic mass is 10.2. The minimum atomic E-state index is 0.784. The fourth-order valence-corrected chi connectivity index (χ4v) is 1.57. The molecule has 16 heavy (non-hydrogen) atoms. The van der Waals surface area contributed by atoms with Crippen LogP contribution in [-0.4, -0.2) is 16.3 Å². The molecule has 0 amide bonds. The molecule has 0 aliphatic rings. The van der Waals surface area contributed by atoms with Crippen LogP contribution in [-0.2, 0) is 6.54 Å². The smallest absolute Gasteiger partial charge is 0.0582 e. The second-order valence-electron chi connectivity index (χ2n) is 3.77. The molecule has 84 valence electrons. The molecule has 3 N–H and O–H groups in total. The van der Waals surface area contributed by atoms with Gasteiger partial charge in [0.2, 0.25) is 0 Å². The summed E-state index contributed by atoms with van der Waals surface area (Å²) in [7, 11) is 0. The highest BCUT2D eigenvalue weighted by Crippen LogP contribution is 2.17. The van der Waals surface area contributed by atoms with Crippen molar-refractivity contribution in [1.82, 2.24) is 9.78 Å². The molecule has 0 spiro atoms. The van der Waals surface area contributed by atoms with Gasteiger partial charge < -0.3 is 11.1 Å². The van der Waals surface area contributed by atoms with Crippen LogP contribution in [0.5, 0.6) is 0 Å². The summed E-state index contributed by atoms with van der Waals surface area (Å²) in [5, 5.41) is 7.49. The van der Waals surface area contributed by atoms with Crippen molar-refractivity contribution >= 4 is 11.4 Å². The Morgan fingerprint density at radius 3 is 3.06 bits per heavy atom. The molecular formula is C12H16N4. The molecule has 4 nitrogen and oxygen atoms in total. The fourth-order valence-electron chi connectivity index (χ4n) is 1.57. The molecule has 2 rings (SSSR count). The van der Waals surface area contributed by atoms with E-state index >= 15 is 0 Å². The molecule has 1 aromatic carbocycles. The molecule has 0 saturated carbocycles. The Kier molecular flexibility index (Phi) is 3.10. The summed E-state index contributed by atoms with van der Waals surface area (Å²) in [6.07, 6.45) is 3.74. The zero-order valence-corrected chi connectivity index (χ0v) is 9.35. The van der Waals surface area contributed by atoms with Crippen LogP contribution < -0.4 is 11.1 Å². The molecule has 0 fully saturated rings. The van der Waals surface area contributed by atoms with Crippen LogP contribution in [0.3, 0.4) is 0 Å². The maximum atomic E-state index is 5.74. The highest BCUT2D eigenvalue weighted by atomic mass is 15.3. The average molecular weight is 216 g/mol. The van der Waals surface area contributed by atoms with Crippen LogP contribution in [0.15, 0.2) is 36.7 Å². The van der Waals surface area contributed by atoms with Crippen LogP contribution in [0.1, 0.15) is 5.56 Å². The number of aromatic nitrogens is 2. The van der Waals surface area contributed by atoms with Gasteiger partial charge in [-0.25, -0.2) is 0 Å². The summed E-state index contributed by atoms with van der Waals surface area (Å²) in [5.41, 5.74) is 8.81. The number of rotatable bonds is 4. The fraction of sp³-hybridized carbons (Fsp3) is 0.250. The Labute approximate surface area is 95.1 Å². The molecular weight excluding hydrogens is 200 g/mol. The molecule has 2 aromatic rings. The summed E-state index contributed by atoms with van der Waals surface area (Å²) in [6, 6.07) is 7.81. The van der Waals surface area contributed by atoms with E-state index in [1.807, 2.05) is 35.1 Å². The first-order valence-corrected chi connectivity index (χ1v) is 5.33. The van der Waals surface area contributed by atoms with Crippen LogP contribution in [0.2, 0.25) is 0 Å². The van der Waals surface area contributed by atoms with Crippen LogP contribution >= 0.6 is 0 Å². The first kappa shape index (κ1) is 10.5. The molecule has 0 radical (unpaired) electrons. The number of benzene rings is 1. The van der Waals surface area contributed by atoms with E-state index in [1.54, 1.807) is 6.20 Å². The minimum Gasteiger partial charge on any atom is -0.399 e. The van der Waals surface area contributed by atoms with Crippen molar-refractivity contribution in [1.29, 1.82) is 0 Å². The molecule has 0 unspecified atom stereocenters. The van der Waals surface area contributed by atoms with Gasteiger partial charge in [-0.1, -0.05) is 6.07 Å². The predicted octanol–water partition coefficient (Wildman–Crippen LogP) is 1.89. The number of nitrogens with two attached hydrogens (primary N) is 1. The average Bonchev–Trinajstić information content (AvgIpc) is 2.76. The largest absolute Gasteiger partial charge is 0.399 e. The first-order chi connectivity index (χ1) is 7.75. The normalized spacial score (nSPS) is 10.3. The van der Waals surface area contributed by atoms with E-state index in [2.05, 4.69) is 17.3 Å². The number of anilines is 2. The van der Waals surface area contributed by atoms with Gasteiger partial charge in [-0.15, -0.1) is 0 Å². The maximum absolute atomic E-state index is 5.74. The Morgan fingerprint density at radius 1 is 1.44 bits per heavy atom. The molecule has 4 heteroatoms. The Hall–Kier alpha value is -1.97. The van der Waals surface area contributed by atoms with Crippen molar-refractivity contribution in [2.24, 2.45) is 0 Å². The topological polar surface area (TPSA) is 55.9 Å². The van der Waals surface area contributed by atoms with E-state index in [4.69, 9.17) is 5.73 Å². The van der Waals surface area contributed by atoms with Crippen LogP contribution in [0, 0.1) is 6.92 Å². The minimum absolute atomic E-state index is 0.784. The lowest BCUT2D eigenvalue weighted by molar-refractivity contribution is 0.638. The molecule has 1 aromatic heterocycles. The predicted molar refractivity (Wildman–Crippen MR) is 66.3 cm³/mol. The van der Waals surface area contributed by atoms with E-state index < -0.39 is 0 Å². The number of nitrogen functional groups attached to an aromatic ring is 1. The summed E-state index contributed by atoms with van der Waals surface area (Å²) in [6.45, 7) is 3.75. The molecule has 1 heterocycles. The summed E-state index contributed by atoms with van der Waals surface area (Å²) < 4.78 is 1.90. The summed E-state index contributed by atoms with van der Waals surface area (Å²) in [4.78, 5) is 0. The maximum Gasteiger partial charge on any atom is 0.0582 e. The lowest BCUT2D eigenvalue weighted by Crippen LogP contribution is -2.11. The Morgan fingerprint density at radius 2 is 2.31 bits per heavy atom. The molecule has 0 aliphatic heterocycles. The standard InChI is InChI=1S/C12H16N4/c1-10-3-4-11(13)9-12(10)14-6-8-16-7-2-5-15-16/h2-5,7,9,14H,6,8,13H2,1H3. The molecule has 0 aliphatic carbocycles.